The fraction of sp³-hybridized carbons (Fsp3) is 0.0667. The molecule has 4 aromatic rings. The van der Waals surface area contributed by atoms with Gasteiger partial charge in [-0.1, -0.05) is 12.1 Å². The molecule has 1 aromatic carbocycles. The Kier molecular flexibility index (Phi) is 3.42. The average molecular weight is 363 g/mol. The van der Waals surface area contributed by atoms with Crippen molar-refractivity contribution in [2.75, 3.05) is 5.32 Å². The Morgan fingerprint density at radius 1 is 1.24 bits per heavy atom. The number of alkyl halides is 3. The summed E-state index contributed by atoms with van der Waals surface area (Å²) in [4.78, 5) is 20.4. The SMILES string of the molecule is O=C(Nc1cnc2cc(C(F)(F)F)nn2c1)c1nc2ccccc2s1. The highest BCUT2D eigenvalue weighted by molar-refractivity contribution is 7.20. The highest BCUT2D eigenvalue weighted by Crippen LogP contribution is 2.28. The van der Waals surface area contributed by atoms with Gasteiger partial charge in [0.25, 0.3) is 5.91 Å². The molecule has 0 saturated carbocycles. The minimum Gasteiger partial charge on any atom is -0.317 e. The molecule has 3 aromatic heterocycles. The molecule has 1 amide bonds. The molecule has 4 rings (SSSR count). The molecule has 0 fully saturated rings. The van der Waals surface area contributed by atoms with E-state index in [0.717, 1.165) is 15.3 Å². The summed E-state index contributed by atoms with van der Waals surface area (Å²) in [5.74, 6) is -0.467. The molecule has 0 unspecified atom stereocenters. The molecule has 0 bridgehead atoms. The van der Waals surface area contributed by atoms with Crippen LogP contribution in [0.1, 0.15) is 15.5 Å². The van der Waals surface area contributed by atoms with E-state index in [1.54, 1.807) is 6.07 Å². The number of rotatable bonds is 2. The van der Waals surface area contributed by atoms with Gasteiger partial charge in [-0.15, -0.1) is 11.3 Å². The average Bonchev–Trinajstić information content (AvgIpc) is 3.18. The number of fused-ring (bicyclic) bond motifs is 2. The second-order valence-corrected chi connectivity index (χ2v) is 6.14. The Balaban J connectivity index is 1.62. The van der Waals surface area contributed by atoms with Crippen LogP contribution in [0, 0.1) is 0 Å². The van der Waals surface area contributed by atoms with Crippen molar-refractivity contribution in [1.29, 1.82) is 0 Å². The Morgan fingerprint density at radius 3 is 2.80 bits per heavy atom. The number of thiazole rings is 1. The van der Waals surface area contributed by atoms with Crippen LogP contribution in [-0.2, 0) is 6.18 Å². The van der Waals surface area contributed by atoms with Crippen LogP contribution in [0.15, 0.2) is 42.7 Å². The van der Waals surface area contributed by atoms with Gasteiger partial charge < -0.3 is 5.32 Å². The number of aromatic nitrogens is 4. The molecule has 0 saturated heterocycles. The van der Waals surface area contributed by atoms with Crippen LogP contribution in [0.3, 0.4) is 0 Å². The Labute approximate surface area is 141 Å². The molecule has 6 nitrogen and oxygen atoms in total. The number of halogens is 3. The minimum atomic E-state index is -4.56. The number of carbonyl (C=O) groups is 1. The van der Waals surface area contributed by atoms with E-state index in [-0.39, 0.29) is 16.3 Å². The summed E-state index contributed by atoms with van der Waals surface area (Å²) < 4.78 is 39.9. The van der Waals surface area contributed by atoms with Crippen LogP contribution in [0.5, 0.6) is 0 Å². The third-order valence-corrected chi connectivity index (χ3v) is 4.38. The lowest BCUT2D eigenvalue weighted by atomic mass is 10.3. The zero-order valence-electron chi connectivity index (χ0n) is 12.3. The van der Waals surface area contributed by atoms with Gasteiger partial charge in [0.2, 0.25) is 0 Å². The zero-order valence-corrected chi connectivity index (χ0v) is 13.1. The summed E-state index contributed by atoms with van der Waals surface area (Å²) in [6, 6.07) is 8.13. The maximum Gasteiger partial charge on any atom is 0.435 e. The molecule has 0 atom stereocenters. The maximum absolute atomic E-state index is 12.7. The van der Waals surface area contributed by atoms with Crippen LogP contribution in [0.25, 0.3) is 15.9 Å². The largest absolute Gasteiger partial charge is 0.435 e. The predicted octanol–water partition coefficient (Wildman–Crippen LogP) is 3.61. The number of amides is 1. The molecule has 25 heavy (non-hydrogen) atoms. The summed E-state index contributed by atoms with van der Waals surface area (Å²) in [6.45, 7) is 0. The third kappa shape index (κ3) is 2.91. The number of anilines is 1. The Morgan fingerprint density at radius 2 is 2.04 bits per heavy atom. The number of nitrogens with one attached hydrogen (secondary N) is 1. The number of hydrogen-bond donors (Lipinski definition) is 1. The van der Waals surface area contributed by atoms with Gasteiger partial charge in [-0.05, 0) is 12.1 Å². The number of para-hydroxylation sites is 1. The number of benzene rings is 1. The monoisotopic (exact) mass is 363 g/mol. The second-order valence-electron chi connectivity index (χ2n) is 5.11. The Hall–Kier alpha value is -3.01. The van der Waals surface area contributed by atoms with Crippen molar-refractivity contribution in [2.45, 2.75) is 6.18 Å². The molecule has 0 aliphatic rings. The van der Waals surface area contributed by atoms with Crippen LogP contribution < -0.4 is 5.32 Å². The van der Waals surface area contributed by atoms with Gasteiger partial charge in [-0.3, -0.25) is 4.79 Å². The minimum absolute atomic E-state index is 0.0327. The van der Waals surface area contributed by atoms with Crippen molar-refractivity contribution in [3.8, 4) is 0 Å². The summed E-state index contributed by atoms with van der Waals surface area (Å²) in [7, 11) is 0. The van der Waals surface area contributed by atoms with E-state index in [9.17, 15) is 18.0 Å². The van der Waals surface area contributed by atoms with Crippen molar-refractivity contribution in [2.24, 2.45) is 0 Å². The van der Waals surface area contributed by atoms with E-state index in [2.05, 4.69) is 20.4 Å². The molecule has 3 heterocycles. The van der Waals surface area contributed by atoms with Crippen molar-refractivity contribution in [3.63, 3.8) is 0 Å². The van der Waals surface area contributed by atoms with Crippen molar-refractivity contribution in [3.05, 3.63) is 53.4 Å². The van der Waals surface area contributed by atoms with E-state index in [4.69, 9.17) is 0 Å². The van der Waals surface area contributed by atoms with Crippen LogP contribution in [0.2, 0.25) is 0 Å². The van der Waals surface area contributed by atoms with Crippen LogP contribution in [-0.4, -0.2) is 25.5 Å². The van der Waals surface area contributed by atoms with E-state index >= 15 is 0 Å². The van der Waals surface area contributed by atoms with Crippen LogP contribution >= 0.6 is 11.3 Å². The molecule has 10 heteroatoms. The number of carbonyl (C=O) groups excluding carboxylic acids is 1. The summed E-state index contributed by atoms with van der Waals surface area (Å²) in [5.41, 5.74) is -0.0957. The predicted molar refractivity (Wildman–Crippen MR) is 85.6 cm³/mol. The molecule has 126 valence electrons. The first-order valence-electron chi connectivity index (χ1n) is 7.00. The fourth-order valence-corrected chi connectivity index (χ4v) is 3.09. The number of hydrogen-bond acceptors (Lipinski definition) is 5. The van der Waals surface area contributed by atoms with Gasteiger partial charge in [-0.25, -0.2) is 14.5 Å². The van der Waals surface area contributed by atoms with Gasteiger partial charge in [0.1, 0.15) is 0 Å². The summed E-state index contributed by atoms with van der Waals surface area (Å²) in [5, 5.41) is 6.24. The maximum atomic E-state index is 12.7. The lowest BCUT2D eigenvalue weighted by molar-refractivity contribution is -0.141. The highest BCUT2D eigenvalue weighted by atomic mass is 32.1. The molecule has 0 radical (unpaired) electrons. The van der Waals surface area contributed by atoms with Gasteiger partial charge in [0, 0.05) is 6.07 Å². The lowest BCUT2D eigenvalue weighted by Crippen LogP contribution is -2.12. The molecule has 1 N–H and O–H groups in total. The quantitative estimate of drug-likeness (QED) is 0.591. The summed E-state index contributed by atoms with van der Waals surface area (Å²) in [6.07, 6.45) is -2.02. The fourth-order valence-electron chi connectivity index (χ4n) is 2.23. The molecular formula is C15H8F3N5OS. The van der Waals surface area contributed by atoms with E-state index in [1.165, 1.54) is 23.7 Å². The van der Waals surface area contributed by atoms with Crippen molar-refractivity contribution < 1.29 is 18.0 Å². The van der Waals surface area contributed by atoms with E-state index in [1.807, 2.05) is 18.2 Å². The second kappa shape index (κ2) is 5.52. The standard InChI is InChI=1S/C15H8F3N5OS/c16-15(17,18)11-5-12-19-6-8(7-23(12)22-11)20-13(24)14-21-9-3-1-2-4-10(9)25-14/h1-7H,(H,20,24). The first-order chi connectivity index (χ1) is 11.9. The lowest BCUT2D eigenvalue weighted by Gasteiger charge is -2.02. The summed E-state index contributed by atoms with van der Waals surface area (Å²) >= 11 is 1.22. The van der Waals surface area contributed by atoms with Crippen LogP contribution in [0.4, 0.5) is 18.9 Å². The highest BCUT2D eigenvalue weighted by Gasteiger charge is 2.34. The van der Waals surface area contributed by atoms with Crippen molar-refractivity contribution in [1.82, 2.24) is 19.6 Å². The first kappa shape index (κ1) is 15.5. The van der Waals surface area contributed by atoms with E-state index in [0.29, 0.717) is 5.52 Å². The molecule has 0 spiro atoms. The smallest absolute Gasteiger partial charge is 0.317 e. The van der Waals surface area contributed by atoms with Gasteiger partial charge in [-0.2, -0.15) is 18.3 Å². The normalized spacial score (nSPS) is 12.0. The molecule has 0 aliphatic carbocycles. The van der Waals surface area contributed by atoms with E-state index < -0.39 is 17.8 Å². The van der Waals surface area contributed by atoms with Crippen molar-refractivity contribution >= 4 is 38.8 Å². The first-order valence-corrected chi connectivity index (χ1v) is 7.81. The Bertz CT molecular complexity index is 1070. The number of nitrogens with zero attached hydrogens (tertiary/aromatic N) is 4. The van der Waals surface area contributed by atoms with Gasteiger partial charge in [0.05, 0.1) is 28.3 Å². The third-order valence-electron chi connectivity index (χ3n) is 3.35. The topological polar surface area (TPSA) is 72.2 Å². The molecular weight excluding hydrogens is 355 g/mol. The molecule has 0 aliphatic heterocycles. The van der Waals surface area contributed by atoms with Gasteiger partial charge >= 0.3 is 6.18 Å². The van der Waals surface area contributed by atoms with Gasteiger partial charge in [0.15, 0.2) is 16.3 Å². The zero-order chi connectivity index (χ0) is 17.6.